The standard InChI is InChI=1S/C32H30NO.C21H23GeN2.Ir/c1-21(2)27-18-26(23-11-7-4-8-12-23)20-31-32(27)28-17-25(13-14-30(28)34-31)29-19-24(15-16-33-29)22-9-5-3-6-10-22;1-15-12-19(13-16(2)24-15)17-6-8-18(9-7-17)21-11-10-20(14-23-21)22(3,4)5;/h4,7-8,11-12,14-22H,3,5-6,9-10H2,1-2H3;6-8,10-14H,1-5H3;/q2*-1;. The van der Waals surface area contributed by atoms with Crippen LogP contribution in [0.2, 0.25) is 17.3 Å². The van der Waals surface area contributed by atoms with Crippen LogP contribution in [-0.2, 0) is 20.1 Å². The van der Waals surface area contributed by atoms with Gasteiger partial charge in [-0.3, -0.25) is 0 Å². The first-order valence-corrected chi connectivity index (χ1v) is 28.2. The fraction of sp³-hybridized carbons (Fsp3) is 0.264. The average molecular weight is 1010 g/mol. The van der Waals surface area contributed by atoms with E-state index in [1.807, 2.05) is 38.4 Å². The van der Waals surface area contributed by atoms with E-state index in [0.717, 1.165) is 56.0 Å². The predicted molar refractivity (Wildman–Crippen MR) is 245 cm³/mol. The summed E-state index contributed by atoms with van der Waals surface area (Å²) in [4.78, 5) is 13.8. The Hall–Kier alpha value is -4.68. The van der Waals surface area contributed by atoms with Crippen molar-refractivity contribution in [3.63, 3.8) is 0 Å². The molecule has 59 heavy (non-hydrogen) atoms. The van der Waals surface area contributed by atoms with Crippen LogP contribution in [0.3, 0.4) is 0 Å². The first kappa shape index (κ1) is 42.4. The number of rotatable bonds is 7. The molecule has 0 atom stereocenters. The van der Waals surface area contributed by atoms with Gasteiger partial charge in [0.05, 0.1) is 5.58 Å². The normalized spacial score (nSPS) is 13.3. The van der Waals surface area contributed by atoms with Crippen molar-refractivity contribution in [2.45, 2.75) is 88.9 Å². The molecule has 1 aliphatic carbocycles. The number of aryl methyl sites for hydroxylation is 2. The van der Waals surface area contributed by atoms with E-state index in [0.29, 0.717) is 11.8 Å². The molecule has 4 aromatic heterocycles. The van der Waals surface area contributed by atoms with Gasteiger partial charge in [0, 0.05) is 31.7 Å². The quantitative estimate of drug-likeness (QED) is 0.118. The number of fused-ring (bicyclic) bond motifs is 3. The van der Waals surface area contributed by atoms with Crippen molar-refractivity contribution in [3.05, 3.63) is 156 Å². The summed E-state index contributed by atoms with van der Waals surface area (Å²) in [5, 5.41) is 2.36. The molecular formula is C53H53GeIrN3O-2. The molecular weight excluding hydrogens is 959 g/mol. The van der Waals surface area contributed by atoms with Crippen molar-refractivity contribution in [1.82, 2.24) is 15.0 Å². The molecule has 0 bridgehead atoms. The SMILES string of the molecule is CC(C)c1cc(-c2ccccc2)cc2oc3c[c-]c(-c4cc(C5CCCCC5)ccn4)cc3c12.Cc1cc(-c2c[c-]c(-c3cc[c]([Ge]([CH3])([CH3])[CH3])cn3)cc2)cc(C)n1.[Ir]. The minimum absolute atomic E-state index is 0. The third-order valence-electron chi connectivity index (χ3n) is 11.5. The Morgan fingerprint density at radius 3 is 2.05 bits per heavy atom. The smallest absolute Gasteiger partial charge is 0 e. The molecule has 9 rings (SSSR count). The van der Waals surface area contributed by atoms with Gasteiger partial charge >= 0.3 is 147 Å². The van der Waals surface area contributed by atoms with Crippen molar-refractivity contribution < 1.29 is 24.5 Å². The second-order valence-corrected chi connectivity index (χ2v) is 28.0. The van der Waals surface area contributed by atoms with E-state index in [-0.39, 0.29) is 20.1 Å². The molecule has 6 heteroatoms. The van der Waals surface area contributed by atoms with Gasteiger partial charge in [0.2, 0.25) is 0 Å². The van der Waals surface area contributed by atoms with Gasteiger partial charge in [-0.15, -0.1) is 23.8 Å². The van der Waals surface area contributed by atoms with Gasteiger partial charge < -0.3 is 9.40 Å². The van der Waals surface area contributed by atoms with Gasteiger partial charge in [-0.05, 0) is 59.2 Å². The van der Waals surface area contributed by atoms with Crippen molar-refractivity contribution in [3.8, 4) is 44.8 Å². The zero-order valence-electron chi connectivity index (χ0n) is 35.3. The van der Waals surface area contributed by atoms with E-state index in [4.69, 9.17) is 9.40 Å². The summed E-state index contributed by atoms with van der Waals surface area (Å²) in [5.41, 5.74) is 15.5. The minimum Gasteiger partial charge on any atom is 0 e. The maximum absolute atomic E-state index is 6.36. The van der Waals surface area contributed by atoms with Crippen LogP contribution in [0.1, 0.15) is 80.3 Å². The Kier molecular flexibility index (Phi) is 13.2. The van der Waals surface area contributed by atoms with Crippen molar-refractivity contribution >= 4 is 39.6 Å². The first-order valence-electron chi connectivity index (χ1n) is 20.9. The van der Waals surface area contributed by atoms with Crippen molar-refractivity contribution in [2.24, 2.45) is 0 Å². The van der Waals surface area contributed by atoms with E-state index >= 15 is 0 Å². The van der Waals surface area contributed by atoms with E-state index < -0.39 is 13.3 Å². The number of benzene rings is 4. The van der Waals surface area contributed by atoms with Gasteiger partial charge in [0.15, 0.2) is 0 Å². The Morgan fingerprint density at radius 1 is 0.661 bits per heavy atom. The molecule has 4 heterocycles. The van der Waals surface area contributed by atoms with Crippen LogP contribution >= 0.6 is 0 Å². The van der Waals surface area contributed by atoms with E-state index in [2.05, 4.69) is 150 Å². The summed E-state index contributed by atoms with van der Waals surface area (Å²) in [6.07, 6.45) is 10.6. The second-order valence-electron chi connectivity index (χ2n) is 17.3. The number of hydrogen-bond acceptors (Lipinski definition) is 4. The molecule has 0 N–H and O–H groups in total. The fourth-order valence-electron chi connectivity index (χ4n) is 8.33. The summed E-state index contributed by atoms with van der Waals surface area (Å²) in [7, 11) is 0. The van der Waals surface area contributed by atoms with Crippen LogP contribution in [-0.4, -0.2) is 28.2 Å². The van der Waals surface area contributed by atoms with E-state index in [1.165, 1.54) is 69.7 Å². The van der Waals surface area contributed by atoms with Crippen LogP contribution in [0.5, 0.6) is 0 Å². The first-order chi connectivity index (χ1) is 28.0. The summed E-state index contributed by atoms with van der Waals surface area (Å²) in [5.74, 6) is 8.20. The van der Waals surface area contributed by atoms with Gasteiger partial charge in [-0.25, -0.2) is 0 Å². The molecule has 1 saturated carbocycles. The monoisotopic (exact) mass is 1010 g/mol. The predicted octanol–water partition coefficient (Wildman–Crippen LogP) is 14.1. The average Bonchev–Trinajstić information content (AvgIpc) is 3.61. The Morgan fingerprint density at radius 2 is 1.39 bits per heavy atom. The zero-order valence-corrected chi connectivity index (χ0v) is 39.8. The van der Waals surface area contributed by atoms with E-state index in [1.54, 1.807) is 0 Å². The maximum atomic E-state index is 6.36. The Bertz CT molecular complexity index is 2650. The van der Waals surface area contributed by atoms with Crippen LogP contribution in [0.4, 0.5) is 0 Å². The topological polar surface area (TPSA) is 51.8 Å². The molecule has 0 unspecified atom stereocenters. The van der Waals surface area contributed by atoms with Crippen LogP contribution in [0, 0.1) is 26.0 Å². The van der Waals surface area contributed by atoms with Gasteiger partial charge in [0.1, 0.15) is 5.58 Å². The third-order valence-corrected chi connectivity index (χ3v) is 15.8. The molecule has 4 aromatic carbocycles. The zero-order chi connectivity index (χ0) is 40.4. The molecule has 0 saturated heterocycles. The molecule has 1 aliphatic rings. The van der Waals surface area contributed by atoms with Crippen molar-refractivity contribution in [2.75, 3.05) is 0 Å². The molecule has 301 valence electrons. The fourth-order valence-corrected chi connectivity index (χ4v) is 10.5. The number of aromatic nitrogens is 3. The van der Waals surface area contributed by atoms with Crippen LogP contribution in [0.25, 0.3) is 66.7 Å². The molecule has 0 spiro atoms. The number of furan rings is 1. The number of hydrogen-bond donors (Lipinski definition) is 0. The molecule has 1 fully saturated rings. The number of pyridine rings is 3. The van der Waals surface area contributed by atoms with E-state index in [9.17, 15) is 0 Å². The molecule has 1 radical (unpaired) electrons. The third kappa shape index (κ3) is 9.70. The molecule has 0 aliphatic heterocycles. The molecule has 4 nitrogen and oxygen atoms in total. The van der Waals surface area contributed by atoms with Crippen LogP contribution < -0.4 is 4.40 Å². The van der Waals surface area contributed by atoms with Gasteiger partial charge in [-0.2, -0.15) is 0 Å². The summed E-state index contributed by atoms with van der Waals surface area (Å²) in [6.45, 7) is 8.57. The summed E-state index contributed by atoms with van der Waals surface area (Å²) >= 11 is -1.80. The summed E-state index contributed by atoms with van der Waals surface area (Å²) < 4.78 is 7.79. The Balaban J connectivity index is 0.000000187. The van der Waals surface area contributed by atoms with Gasteiger partial charge in [0.25, 0.3) is 0 Å². The summed E-state index contributed by atoms with van der Waals surface area (Å²) in [6, 6.07) is 45.4. The van der Waals surface area contributed by atoms with Gasteiger partial charge in [-0.1, -0.05) is 86.5 Å². The van der Waals surface area contributed by atoms with Crippen molar-refractivity contribution in [1.29, 1.82) is 0 Å². The minimum atomic E-state index is -1.80. The Labute approximate surface area is 366 Å². The number of nitrogens with zero attached hydrogens (tertiary/aromatic N) is 3. The molecule has 8 aromatic rings. The molecule has 0 amide bonds. The second kappa shape index (κ2) is 18.3. The van der Waals surface area contributed by atoms with Crippen LogP contribution in [0.15, 0.2) is 126 Å².